The van der Waals surface area contributed by atoms with E-state index in [9.17, 15) is 9.18 Å². The second-order valence-corrected chi connectivity index (χ2v) is 3.04. The number of ether oxygens (including phenoxy) is 1. The lowest BCUT2D eigenvalue weighted by Gasteiger charge is -2.18. The Morgan fingerprint density at radius 3 is 3.08 bits per heavy atom. The number of nitrogens with one attached hydrogen (secondary N) is 1. The van der Waals surface area contributed by atoms with Gasteiger partial charge in [-0.15, -0.1) is 0 Å². The normalized spacial score (nSPS) is 14.5. The number of carbonyl (C=O) groups is 1. The lowest BCUT2D eigenvalue weighted by Crippen LogP contribution is -2.25. The molecule has 0 radical (unpaired) electrons. The maximum absolute atomic E-state index is 13.1. The largest absolute Gasteiger partial charge is 0.478 e. The van der Waals surface area contributed by atoms with E-state index in [1.54, 1.807) is 0 Å². The third-order valence-corrected chi connectivity index (χ3v) is 1.85. The molecule has 1 aliphatic rings. The van der Waals surface area contributed by atoms with Crippen LogP contribution in [0.3, 0.4) is 0 Å². The van der Waals surface area contributed by atoms with Gasteiger partial charge in [-0.1, -0.05) is 11.6 Å². The Morgan fingerprint density at radius 1 is 1.54 bits per heavy atom. The Morgan fingerprint density at radius 2 is 2.31 bits per heavy atom. The molecule has 5 heteroatoms. The predicted molar refractivity (Wildman–Crippen MR) is 45.5 cm³/mol. The van der Waals surface area contributed by atoms with Gasteiger partial charge < -0.3 is 10.1 Å². The monoisotopic (exact) mass is 201 g/mol. The van der Waals surface area contributed by atoms with Gasteiger partial charge >= 0.3 is 0 Å². The van der Waals surface area contributed by atoms with Crippen molar-refractivity contribution >= 4 is 23.2 Å². The SMILES string of the molecule is O=C1COc2c(F)cc(Cl)cc2N1. The molecule has 68 valence electrons. The van der Waals surface area contributed by atoms with E-state index < -0.39 is 5.82 Å². The van der Waals surface area contributed by atoms with E-state index in [0.717, 1.165) is 6.07 Å². The maximum Gasteiger partial charge on any atom is 0.262 e. The number of anilines is 1. The molecule has 1 aromatic rings. The molecule has 0 fully saturated rings. The van der Waals surface area contributed by atoms with Gasteiger partial charge in [0.25, 0.3) is 5.91 Å². The number of rotatable bonds is 0. The molecule has 0 bridgehead atoms. The number of benzene rings is 1. The van der Waals surface area contributed by atoms with E-state index in [-0.39, 0.29) is 29.0 Å². The Labute approximate surface area is 78.4 Å². The van der Waals surface area contributed by atoms with Gasteiger partial charge in [0.15, 0.2) is 18.2 Å². The van der Waals surface area contributed by atoms with Crippen molar-refractivity contribution in [2.45, 2.75) is 0 Å². The molecular weight excluding hydrogens is 197 g/mol. The molecule has 0 saturated carbocycles. The van der Waals surface area contributed by atoms with Crippen LogP contribution < -0.4 is 10.1 Å². The Bertz CT molecular complexity index is 381. The van der Waals surface area contributed by atoms with E-state index >= 15 is 0 Å². The molecule has 1 amide bonds. The first-order chi connectivity index (χ1) is 6.16. The van der Waals surface area contributed by atoms with Crippen molar-refractivity contribution in [3.05, 3.63) is 23.0 Å². The fraction of sp³-hybridized carbons (Fsp3) is 0.125. The number of hydrogen-bond donors (Lipinski definition) is 1. The van der Waals surface area contributed by atoms with E-state index in [4.69, 9.17) is 16.3 Å². The summed E-state index contributed by atoms with van der Waals surface area (Å²) in [6.45, 7) is -0.161. The van der Waals surface area contributed by atoms with Gasteiger partial charge in [-0.3, -0.25) is 4.79 Å². The molecule has 0 aliphatic carbocycles. The molecular formula is C8H5ClFNO2. The highest BCUT2D eigenvalue weighted by molar-refractivity contribution is 6.31. The third-order valence-electron chi connectivity index (χ3n) is 1.63. The fourth-order valence-electron chi connectivity index (χ4n) is 1.12. The van der Waals surface area contributed by atoms with Crippen LogP contribution in [-0.4, -0.2) is 12.5 Å². The number of amides is 1. The van der Waals surface area contributed by atoms with Gasteiger partial charge in [-0.25, -0.2) is 4.39 Å². The first-order valence-corrected chi connectivity index (χ1v) is 3.96. The van der Waals surface area contributed by atoms with Crippen LogP contribution in [0.5, 0.6) is 5.75 Å². The summed E-state index contributed by atoms with van der Waals surface area (Å²) in [6, 6.07) is 2.58. The molecule has 2 rings (SSSR count). The Kier molecular flexibility index (Phi) is 1.84. The summed E-state index contributed by atoms with van der Waals surface area (Å²) in [4.78, 5) is 10.8. The summed E-state index contributed by atoms with van der Waals surface area (Å²) >= 11 is 5.58. The van der Waals surface area contributed by atoms with Gasteiger partial charge in [0.05, 0.1) is 5.69 Å². The lowest BCUT2D eigenvalue weighted by atomic mass is 10.2. The van der Waals surface area contributed by atoms with Crippen molar-refractivity contribution in [3.8, 4) is 5.75 Å². The maximum atomic E-state index is 13.1. The van der Waals surface area contributed by atoms with Crippen LogP contribution in [0.25, 0.3) is 0 Å². The summed E-state index contributed by atoms with van der Waals surface area (Å²) in [7, 11) is 0. The summed E-state index contributed by atoms with van der Waals surface area (Å²) in [5, 5.41) is 2.68. The van der Waals surface area contributed by atoms with Gasteiger partial charge in [0.1, 0.15) is 0 Å². The second-order valence-electron chi connectivity index (χ2n) is 2.60. The van der Waals surface area contributed by atoms with Crippen LogP contribution in [0.2, 0.25) is 5.02 Å². The molecule has 1 heterocycles. The quantitative estimate of drug-likeness (QED) is 0.695. The van der Waals surface area contributed by atoms with Crippen molar-refractivity contribution in [3.63, 3.8) is 0 Å². The van der Waals surface area contributed by atoms with Gasteiger partial charge in [0, 0.05) is 5.02 Å². The molecule has 0 atom stereocenters. The number of halogens is 2. The van der Waals surface area contributed by atoms with Crippen LogP contribution in [0.15, 0.2) is 12.1 Å². The van der Waals surface area contributed by atoms with Gasteiger partial charge in [-0.05, 0) is 12.1 Å². The van der Waals surface area contributed by atoms with Crippen LogP contribution in [0.4, 0.5) is 10.1 Å². The number of hydrogen-bond acceptors (Lipinski definition) is 2. The average molecular weight is 202 g/mol. The van der Waals surface area contributed by atoms with E-state index in [1.807, 2.05) is 0 Å². The first kappa shape index (κ1) is 8.31. The zero-order valence-corrected chi connectivity index (χ0v) is 7.19. The standard InChI is InChI=1S/C8H5ClFNO2/c9-4-1-5(10)8-6(2-4)11-7(12)3-13-8/h1-2H,3H2,(H,11,12). The second kappa shape index (κ2) is 2.88. The molecule has 0 spiro atoms. The highest BCUT2D eigenvalue weighted by atomic mass is 35.5. The molecule has 1 N–H and O–H groups in total. The highest BCUT2D eigenvalue weighted by Gasteiger charge is 2.19. The van der Waals surface area contributed by atoms with Crippen LogP contribution in [-0.2, 0) is 4.79 Å². The predicted octanol–water partition coefficient (Wildman–Crippen LogP) is 1.81. The third kappa shape index (κ3) is 1.45. The van der Waals surface area contributed by atoms with E-state index in [2.05, 4.69) is 5.32 Å². The summed E-state index contributed by atoms with van der Waals surface area (Å²) in [5.74, 6) is -0.833. The highest BCUT2D eigenvalue weighted by Crippen LogP contribution is 2.33. The molecule has 13 heavy (non-hydrogen) atoms. The minimum atomic E-state index is -0.567. The Balaban J connectivity index is 2.53. The van der Waals surface area contributed by atoms with E-state index in [1.165, 1.54) is 6.07 Å². The van der Waals surface area contributed by atoms with Crippen molar-refractivity contribution in [1.82, 2.24) is 0 Å². The molecule has 0 saturated heterocycles. The van der Waals surface area contributed by atoms with Crippen molar-refractivity contribution in [1.29, 1.82) is 0 Å². The lowest BCUT2D eigenvalue weighted by molar-refractivity contribution is -0.118. The topological polar surface area (TPSA) is 38.3 Å². The number of fused-ring (bicyclic) bond motifs is 1. The van der Waals surface area contributed by atoms with E-state index in [0.29, 0.717) is 0 Å². The molecule has 0 aromatic heterocycles. The van der Waals surface area contributed by atoms with Crippen molar-refractivity contribution in [2.24, 2.45) is 0 Å². The first-order valence-electron chi connectivity index (χ1n) is 3.58. The van der Waals surface area contributed by atoms with Gasteiger partial charge in [0.2, 0.25) is 0 Å². The smallest absolute Gasteiger partial charge is 0.262 e. The molecule has 0 unspecified atom stereocenters. The molecule has 1 aliphatic heterocycles. The number of carbonyl (C=O) groups excluding carboxylic acids is 1. The van der Waals surface area contributed by atoms with Crippen LogP contribution in [0.1, 0.15) is 0 Å². The zero-order valence-electron chi connectivity index (χ0n) is 6.43. The van der Waals surface area contributed by atoms with Crippen molar-refractivity contribution < 1.29 is 13.9 Å². The van der Waals surface area contributed by atoms with Crippen molar-refractivity contribution in [2.75, 3.05) is 11.9 Å². The molecule has 1 aromatic carbocycles. The summed E-state index contributed by atoms with van der Waals surface area (Å²) in [6.07, 6.45) is 0. The van der Waals surface area contributed by atoms with Crippen LogP contribution in [0, 0.1) is 5.82 Å². The summed E-state index contributed by atoms with van der Waals surface area (Å²) < 4.78 is 18.0. The minimum Gasteiger partial charge on any atom is -0.478 e. The van der Waals surface area contributed by atoms with Gasteiger partial charge in [-0.2, -0.15) is 0 Å². The Hall–Kier alpha value is -1.29. The van der Waals surface area contributed by atoms with Crippen LogP contribution >= 0.6 is 11.6 Å². The fourth-order valence-corrected chi connectivity index (χ4v) is 1.33. The average Bonchev–Trinajstić information content (AvgIpc) is 2.02. The minimum absolute atomic E-state index is 0.0454. The molecule has 3 nitrogen and oxygen atoms in total. The zero-order chi connectivity index (χ0) is 9.42. The summed E-state index contributed by atoms with van der Waals surface area (Å²) in [5.41, 5.74) is 0.279.